The predicted octanol–water partition coefficient (Wildman–Crippen LogP) is 4.23. The lowest BCUT2D eigenvalue weighted by atomic mass is 10.00. The van der Waals surface area contributed by atoms with Crippen LogP contribution in [0.25, 0.3) is 0 Å². The average molecular weight is 496 g/mol. The minimum absolute atomic E-state index is 0.00140. The van der Waals surface area contributed by atoms with Gasteiger partial charge in [-0.3, -0.25) is 14.9 Å². The van der Waals surface area contributed by atoms with Gasteiger partial charge in [-0.2, -0.15) is 0 Å². The Morgan fingerprint density at radius 3 is 2.00 bits per heavy atom. The summed E-state index contributed by atoms with van der Waals surface area (Å²) in [6.45, 7) is 12.2. The van der Waals surface area contributed by atoms with E-state index in [1.165, 1.54) is 18.2 Å². The highest BCUT2D eigenvalue weighted by molar-refractivity contribution is 5.81. The number of carboxylic acids is 1. The summed E-state index contributed by atoms with van der Waals surface area (Å²) >= 11 is 0. The first-order chi connectivity index (χ1) is 16.4. The molecule has 2 N–H and O–H groups in total. The van der Waals surface area contributed by atoms with Gasteiger partial charge in [0.15, 0.2) is 11.5 Å². The molecule has 1 aromatic rings. The third kappa shape index (κ3) is 9.20. The first kappa shape index (κ1) is 29.9. The van der Waals surface area contributed by atoms with Crippen molar-refractivity contribution in [1.29, 1.82) is 0 Å². The van der Waals surface area contributed by atoms with Crippen LogP contribution >= 0.6 is 0 Å². The van der Waals surface area contributed by atoms with Gasteiger partial charge in [-0.05, 0) is 43.9 Å². The van der Waals surface area contributed by atoms with E-state index in [1.807, 2.05) is 20.8 Å². The van der Waals surface area contributed by atoms with E-state index in [2.05, 4.69) is 5.32 Å². The molecule has 0 aliphatic carbocycles. The number of hydrogen-bond acceptors (Lipinski definition) is 9. The quantitative estimate of drug-likeness (QED) is 0.232. The standard InChI is InChI=1S/C25H37NO9/c1-8-16(6)26-25(23(29)30,35-24(31)32-17(7)15(4)5)14-18-11-12-19(33-21(27)9-2)20(13-18)34-22(28)10-3/h11-13,15-17,26H,8-10,14H2,1-7H3,(H,29,30)/t16?,17?,25-/m0/s1. The van der Waals surface area contributed by atoms with E-state index in [1.54, 1.807) is 27.7 Å². The Labute approximate surface area is 206 Å². The van der Waals surface area contributed by atoms with Crippen LogP contribution in [0.1, 0.15) is 73.3 Å². The first-order valence-electron chi connectivity index (χ1n) is 11.8. The topological polar surface area (TPSA) is 137 Å². The molecule has 0 spiro atoms. The number of esters is 2. The molecule has 35 heavy (non-hydrogen) atoms. The van der Waals surface area contributed by atoms with Crippen molar-refractivity contribution in [1.82, 2.24) is 5.32 Å². The molecule has 1 aromatic carbocycles. The second kappa shape index (κ2) is 13.7. The highest BCUT2D eigenvalue weighted by Gasteiger charge is 2.45. The summed E-state index contributed by atoms with van der Waals surface area (Å²) in [4.78, 5) is 48.7. The number of carboxylic acid groups (broad SMARTS) is 1. The van der Waals surface area contributed by atoms with Gasteiger partial charge in [-0.15, -0.1) is 0 Å². The Morgan fingerprint density at radius 1 is 0.943 bits per heavy atom. The molecule has 10 nitrogen and oxygen atoms in total. The molecule has 1 rings (SSSR count). The van der Waals surface area contributed by atoms with Crippen molar-refractivity contribution < 1.29 is 43.2 Å². The van der Waals surface area contributed by atoms with E-state index < -0.39 is 35.9 Å². The normalized spacial score (nSPS) is 14.4. The van der Waals surface area contributed by atoms with Crippen LogP contribution in [0.15, 0.2) is 18.2 Å². The monoisotopic (exact) mass is 495 g/mol. The Bertz CT molecular complexity index is 899. The molecule has 3 atom stereocenters. The molecule has 0 aromatic heterocycles. The van der Waals surface area contributed by atoms with Crippen molar-refractivity contribution in [3.63, 3.8) is 0 Å². The molecule has 0 radical (unpaired) electrons. The van der Waals surface area contributed by atoms with Crippen molar-refractivity contribution in [2.75, 3.05) is 0 Å². The zero-order chi connectivity index (χ0) is 26.8. The molecule has 0 saturated heterocycles. The minimum Gasteiger partial charge on any atom is -0.477 e. The largest absolute Gasteiger partial charge is 0.510 e. The van der Waals surface area contributed by atoms with Crippen molar-refractivity contribution in [3.05, 3.63) is 23.8 Å². The van der Waals surface area contributed by atoms with Gasteiger partial charge in [-0.25, -0.2) is 9.59 Å². The van der Waals surface area contributed by atoms with Crippen LogP contribution in [0, 0.1) is 5.92 Å². The van der Waals surface area contributed by atoms with Crippen LogP contribution in [0.2, 0.25) is 0 Å². The Hall–Kier alpha value is -3.14. The number of ether oxygens (including phenoxy) is 4. The van der Waals surface area contributed by atoms with Gasteiger partial charge in [0.05, 0.1) is 0 Å². The molecule has 10 heteroatoms. The van der Waals surface area contributed by atoms with E-state index in [9.17, 15) is 24.3 Å². The van der Waals surface area contributed by atoms with Gasteiger partial charge in [0.25, 0.3) is 5.72 Å². The molecule has 0 aliphatic heterocycles. The van der Waals surface area contributed by atoms with Gasteiger partial charge in [-0.1, -0.05) is 40.7 Å². The molecule has 196 valence electrons. The zero-order valence-electron chi connectivity index (χ0n) is 21.5. The molecule has 0 heterocycles. The maximum Gasteiger partial charge on any atom is 0.510 e. The van der Waals surface area contributed by atoms with E-state index in [0.717, 1.165) is 0 Å². The van der Waals surface area contributed by atoms with E-state index in [4.69, 9.17) is 18.9 Å². The lowest BCUT2D eigenvalue weighted by Gasteiger charge is -2.33. The summed E-state index contributed by atoms with van der Waals surface area (Å²) in [6, 6.07) is 3.95. The number of benzene rings is 1. The van der Waals surface area contributed by atoms with Crippen LogP contribution in [0.3, 0.4) is 0 Å². The van der Waals surface area contributed by atoms with Crippen molar-refractivity contribution in [2.24, 2.45) is 5.92 Å². The lowest BCUT2D eigenvalue weighted by Crippen LogP contribution is -2.59. The molecule has 0 aliphatic rings. The number of carbonyl (C=O) groups is 4. The first-order valence-corrected chi connectivity index (χ1v) is 11.8. The Kier molecular flexibility index (Phi) is 11.7. The highest BCUT2D eigenvalue weighted by atomic mass is 16.7. The fraction of sp³-hybridized carbons (Fsp3) is 0.600. The van der Waals surface area contributed by atoms with Gasteiger partial charge < -0.3 is 24.1 Å². The summed E-state index contributed by atoms with van der Waals surface area (Å²) in [5, 5.41) is 13.0. The summed E-state index contributed by atoms with van der Waals surface area (Å²) in [5.74, 6) is -2.56. The number of aliphatic carboxylic acids is 1. The summed E-state index contributed by atoms with van der Waals surface area (Å²) < 4.78 is 21.2. The lowest BCUT2D eigenvalue weighted by molar-refractivity contribution is -0.168. The molecule has 0 saturated carbocycles. The van der Waals surface area contributed by atoms with E-state index >= 15 is 0 Å². The highest BCUT2D eigenvalue weighted by Crippen LogP contribution is 2.31. The zero-order valence-corrected chi connectivity index (χ0v) is 21.5. The van der Waals surface area contributed by atoms with Crippen LogP contribution in [-0.4, -0.2) is 47.0 Å². The Balaban J connectivity index is 3.41. The van der Waals surface area contributed by atoms with Gasteiger partial charge in [0, 0.05) is 25.3 Å². The molecular formula is C25H37NO9. The molecule has 0 fully saturated rings. The van der Waals surface area contributed by atoms with Crippen molar-refractivity contribution in [2.45, 2.75) is 92.0 Å². The molecule has 0 bridgehead atoms. The second-order valence-electron chi connectivity index (χ2n) is 8.62. The van der Waals surface area contributed by atoms with Gasteiger partial charge in [0.2, 0.25) is 0 Å². The number of nitrogens with one attached hydrogen (secondary N) is 1. The predicted molar refractivity (Wildman–Crippen MR) is 127 cm³/mol. The molecule has 0 amide bonds. The van der Waals surface area contributed by atoms with Crippen molar-refractivity contribution >= 4 is 24.1 Å². The van der Waals surface area contributed by atoms with Crippen LogP contribution < -0.4 is 14.8 Å². The Morgan fingerprint density at radius 2 is 1.51 bits per heavy atom. The summed E-state index contributed by atoms with van der Waals surface area (Å²) in [6.07, 6.45) is -1.21. The smallest absolute Gasteiger partial charge is 0.477 e. The molecular weight excluding hydrogens is 458 g/mol. The van der Waals surface area contributed by atoms with Crippen LogP contribution in [-0.2, 0) is 30.3 Å². The fourth-order valence-electron chi connectivity index (χ4n) is 2.76. The van der Waals surface area contributed by atoms with Crippen LogP contribution in [0.4, 0.5) is 4.79 Å². The molecule has 2 unspecified atom stereocenters. The maximum absolute atomic E-state index is 12.5. The number of rotatable bonds is 13. The van der Waals surface area contributed by atoms with Crippen LogP contribution in [0.5, 0.6) is 11.5 Å². The second-order valence-corrected chi connectivity index (χ2v) is 8.62. The minimum atomic E-state index is -2.17. The fourth-order valence-corrected chi connectivity index (χ4v) is 2.76. The van der Waals surface area contributed by atoms with Gasteiger partial charge in [0.1, 0.15) is 6.10 Å². The number of hydrogen-bond donors (Lipinski definition) is 2. The van der Waals surface area contributed by atoms with Gasteiger partial charge >= 0.3 is 24.1 Å². The van der Waals surface area contributed by atoms with E-state index in [-0.39, 0.29) is 42.7 Å². The summed E-state index contributed by atoms with van der Waals surface area (Å²) in [7, 11) is 0. The summed E-state index contributed by atoms with van der Waals surface area (Å²) in [5.41, 5.74) is -1.82. The maximum atomic E-state index is 12.5. The van der Waals surface area contributed by atoms with E-state index in [0.29, 0.717) is 12.0 Å². The van der Waals surface area contributed by atoms with Crippen molar-refractivity contribution in [3.8, 4) is 11.5 Å². The number of carbonyl (C=O) groups excluding carboxylic acids is 3. The SMILES string of the molecule is CCC(=O)Oc1ccc(C[C@](NC(C)CC)(OC(=O)OC(C)C(C)C)C(=O)O)cc1OC(=O)CC. The third-order valence-electron chi connectivity index (χ3n) is 5.40. The third-order valence-corrected chi connectivity index (χ3v) is 5.40. The average Bonchev–Trinajstić information content (AvgIpc) is 2.79.